The Kier molecular flexibility index (Phi) is 7.29. The van der Waals surface area contributed by atoms with Gasteiger partial charge in [-0.3, -0.25) is 14.4 Å². The van der Waals surface area contributed by atoms with Crippen molar-refractivity contribution in [3.8, 4) is 5.75 Å². The van der Waals surface area contributed by atoms with Gasteiger partial charge >= 0.3 is 12.3 Å². The molecule has 3 atom stereocenters. The van der Waals surface area contributed by atoms with E-state index in [-0.39, 0.29) is 24.0 Å². The number of amides is 1. The van der Waals surface area contributed by atoms with Gasteiger partial charge in [0.1, 0.15) is 29.8 Å². The molecule has 2 aliphatic carbocycles. The molecule has 4 aromatic rings. The first-order valence-electron chi connectivity index (χ1n) is 14.8. The molecular weight excluding hydrogens is 596 g/mol. The molecule has 4 heterocycles. The SMILES string of the molecule is CC1(NC(=O)O[C@H]2C[C@@H](c3cc(Nc4nccc5nc(CN6CC(Oc7ccc(C(F)(F)F)cc7)C6)cn45)n[nH]3)C[C@H]2F)CC1. The molecule has 3 fully saturated rings. The van der Waals surface area contributed by atoms with Crippen LogP contribution >= 0.6 is 0 Å². The summed E-state index contributed by atoms with van der Waals surface area (Å²) in [5, 5.41) is 13.3. The number of benzene rings is 1. The van der Waals surface area contributed by atoms with E-state index in [0.717, 1.165) is 36.4 Å². The summed E-state index contributed by atoms with van der Waals surface area (Å²) in [5.74, 6) is 1.23. The summed E-state index contributed by atoms with van der Waals surface area (Å²) < 4.78 is 66.1. The molecule has 7 rings (SSSR count). The van der Waals surface area contributed by atoms with E-state index in [1.165, 1.54) is 12.1 Å². The Morgan fingerprint density at radius 3 is 2.67 bits per heavy atom. The van der Waals surface area contributed by atoms with Crippen LogP contribution in [0, 0.1) is 0 Å². The molecule has 2 saturated carbocycles. The summed E-state index contributed by atoms with van der Waals surface area (Å²) in [5.41, 5.74) is 1.30. The van der Waals surface area contributed by atoms with Gasteiger partial charge in [-0.15, -0.1) is 0 Å². The number of hydrogen-bond donors (Lipinski definition) is 3. The van der Waals surface area contributed by atoms with Gasteiger partial charge in [-0.05, 0) is 62.9 Å². The van der Waals surface area contributed by atoms with Crippen LogP contribution in [0.15, 0.2) is 48.8 Å². The topological polar surface area (TPSA) is 122 Å². The molecule has 1 amide bonds. The van der Waals surface area contributed by atoms with E-state index < -0.39 is 30.1 Å². The lowest BCUT2D eigenvalue weighted by Crippen LogP contribution is -2.53. The average Bonchev–Trinajstić information content (AvgIpc) is 3.31. The molecule has 0 spiro atoms. The molecule has 3 N–H and O–H groups in total. The number of imidazole rings is 1. The van der Waals surface area contributed by atoms with Crippen molar-refractivity contribution in [3.05, 3.63) is 65.7 Å². The summed E-state index contributed by atoms with van der Waals surface area (Å²) in [6.07, 6.45) is -1.25. The van der Waals surface area contributed by atoms with Gasteiger partial charge in [-0.25, -0.2) is 19.2 Å². The van der Waals surface area contributed by atoms with Crippen LogP contribution in [0.5, 0.6) is 5.75 Å². The number of carbonyl (C=O) groups is 1. The lowest BCUT2D eigenvalue weighted by atomic mass is 10.0. The van der Waals surface area contributed by atoms with Crippen LogP contribution < -0.4 is 15.4 Å². The Morgan fingerprint density at radius 2 is 1.93 bits per heavy atom. The molecule has 1 aliphatic heterocycles. The first kappa shape index (κ1) is 29.3. The number of aromatic amines is 1. The van der Waals surface area contributed by atoms with Crippen molar-refractivity contribution in [3.63, 3.8) is 0 Å². The fraction of sp³-hybridized carbons (Fsp3) is 0.467. The van der Waals surface area contributed by atoms with Crippen molar-refractivity contribution in [2.75, 3.05) is 18.4 Å². The van der Waals surface area contributed by atoms with Crippen LogP contribution in [0.3, 0.4) is 0 Å². The van der Waals surface area contributed by atoms with E-state index in [4.69, 9.17) is 14.5 Å². The summed E-state index contributed by atoms with van der Waals surface area (Å²) in [6.45, 7) is 3.73. The second-order valence-corrected chi connectivity index (χ2v) is 12.3. The Balaban J connectivity index is 0.928. The second kappa shape index (κ2) is 11.2. The second-order valence-electron chi connectivity index (χ2n) is 12.3. The first-order chi connectivity index (χ1) is 21.5. The number of fused-ring (bicyclic) bond motifs is 1. The van der Waals surface area contributed by atoms with Gasteiger partial charge in [0, 0.05) is 55.2 Å². The maximum absolute atomic E-state index is 14.7. The monoisotopic (exact) mass is 628 g/mol. The van der Waals surface area contributed by atoms with E-state index in [1.54, 1.807) is 18.3 Å². The lowest BCUT2D eigenvalue weighted by molar-refractivity contribution is -0.137. The van der Waals surface area contributed by atoms with Crippen LogP contribution in [-0.4, -0.2) is 72.6 Å². The summed E-state index contributed by atoms with van der Waals surface area (Å²) in [7, 11) is 0. The van der Waals surface area contributed by atoms with Crippen LogP contribution in [0.1, 0.15) is 55.5 Å². The summed E-state index contributed by atoms with van der Waals surface area (Å²) >= 11 is 0. The number of carbonyl (C=O) groups excluding carboxylic acids is 1. The molecular formula is C30H32F4N8O3. The molecule has 1 aromatic carbocycles. The average molecular weight is 629 g/mol. The Morgan fingerprint density at radius 1 is 1.16 bits per heavy atom. The van der Waals surface area contributed by atoms with Crippen molar-refractivity contribution < 1.29 is 31.8 Å². The Labute approximate surface area is 255 Å². The maximum Gasteiger partial charge on any atom is 0.416 e. The number of anilines is 2. The van der Waals surface area contributed by atoms with Crippen LogP contribution in [0.2, 0.25) is 0 Å². The molecule has 0 radical (unpaired) electrons. The molecule has 0 unspecified atom stereocenters. The predicted molar refractivity (Wildman–Crippen MR) is 154 cm³/mol. The number of hydrogen-bond acceptors (Lipinski definition) is 8. The van der Waals surface area contributed by atoms with E-state index in [2.05, 4.69) is 30.7 Å². The minimum Gasteiger partial charge on any atom is -0.488 e. The molecule has 3 aliphatic rings. The fourth-order valence-corrected chi connectivity index (χ4v) is 5.78. The molecule has 1 saturated heterocycles. The zero-order valence-electron chi connectivity index (χ0n) is 24.4. The number of aromatic nitrogens is 5. The van der Waals surface area contributed by atoms with Gasteiger partial charge in [-0.1, -0.05) is 0 Å². The summed E-state index contributed by atoms with van der Waals surface area (Å²) in [4.78, 5) is 23.4. The third kappa shape index (κ3) is 6.53. The number of likely N-dealkylation sites (tertiary alicyclic amines) is 1. The molecule has 0 bridgehead atoms. The van der Waals surface area contributed by atoms with Crippen molar-refractivity contribution in [1.29, 1.82) is 0 Å². The molecule has 45 heavy (non-hydrogen) atoms. The molecule has 3 aromatic heterocycles. The molecule has 238 valence electrons. The number of H-pyrrole nitrogens is 1. The van der Waals surface area contributed by atoms with Crippen LogP contribution in [0.4, 0.5) is 34.1 Å². The highest BCUT2D eigenvalue weighted by Gasteiger charge is 2.42. The normalized spacial score (nSPS) is 23.1. The van der Waals surface area contributed by atoms with Gasteiger partial charge < -0.3 is 20.1 Å². The van der Waals surface area contributed by atoms with Crippen molar-refractivity contribution >= 4 is 23.5 Å². The highest BCUT2D eigenvalue weighted by atomic mass is 19.4. The summed E-state index contributed by atoms with van der Waals surface area (Å²) in [6, 6.07) is 8.31. The number of ether oxygens (including phenoxy) is 2. The Hall–Kier alpha value is -4.40. The van der Waals surface area contributed by atoms with Gasteiger partial charge in [0.25, 0.3) is 0 Å². The number of alkyl carbamates (subject to hydrolysis) is 1. The first-order valence-corrected chi connectivity index (χ1v) is 14.8. The van der Waals surface area contributed by atoms with Crippen LogP contribution in [0.25, 0.3) is 5.65 Å². The van der Waals surface area contributed by atoms with E-state index in [0.29, 0.717) is 49.2 Å². The van der Waals surface area contributed by atoms with Gasteiger partial charge in [0.15, 0.2) is 5.82 Å². The van der Waals surface area contributed by atoms with Crippen molar-refractivity contribution in [1.82, 2.24) is 34.8 Å². The number of alkyl halides is 4. The van der Waals surface area contributed by atoms with E-state index >= 15 is 0 Å². The number of rotatable bonds is 9. The van der Waals surface area contributed by atoms with E-state index in [1.807, 2.05) is 17.5 Å². The van der Waals surface area contributed by atoms with Crippen molar-refractivity contribution in [2.24, 2.45) is 0 Å². The lowest BCUT2D eigenvalue weighted by Gasteiger charge is -2.38. The number of halogens is 4. The largest absolute Gasteiger partial charge is 0.488 e. The third-order valence-electron chi connectivity index (χ3n) is 8.59. The van der Waals surface area contributed by atoms with Gasteiger partial charge in [0.2, 0.25) is 5.95 Å². The number of nitrogens with zero attached hydrogens (tertiary/aromatic N) is 5. The zero-order chi connectivity index (χ0) is 31.3. The number of nitrogens with one attached hydrogen (secondary N) is 3. The fourth-order valence-electron chi connectivity index (χ4n) is 5.78. The van der Waals surface area contributed by atoms with Crippen molar-refractivity contribution in [2.45, 2.75) is 75.2 Å². The quantitative estimate of drug-likeness (QED) is 0.213. The van der Waals surface area contributed by atoms with Gasteiger partial charge in [-0.2, -0.15) is 18.3 Å². The standard InChI is InChI=1S/C30H32F4N8O3/c1-29(7-8-29)38-28(43)45-24-11-17(10-22(24)31)23-12-25(40-39-23)37-27-35-9-6-26-36-19(14-42(26)27)13-41-15-21(16-41)44-20-4-2-18(3-5-20)30(32,33)34/h2-6,9,12,14,17,21-22,24H,7-8,10-11,13,15-16H2,1H3,(H,38,43)(H2,35,37,39,40)/t17-,22+,24-/m0/s1. The van der Waals surface area contributed by atoms with E-state index in [9.17, 15) is 22.4 Å². The highest BCUT2D eigenvalue weighted by molar-refractivity contribution is 5.69. The minimum absolute atomic E-state index is 0.121. The predicted octanol–water partition coefficient (Wildman–Crippen LogP) is 5.34. The van der Waals surface area contributed by atoms with Gasteiger partial charge in [0.05, 0.1) is 11.3 Å². The Bertz CT molecular complexity index is 1680. The smallest absolute Gasteiger partial charge is 0.416 e. The molecule has 11 nitrogen and oxygen atoms in total. The van der Waals surface area contributed by atoms with Crippen LogP contribution in [-0.2, 0) is 17.5 Å². The minimum atomic E-state index is -4.38. The zero-order valence-corrected chi connectivity index (χ0v) is 24.4. The maximum atomic E-state index is 14.7. The third-order valence-corrected chi connectivity index (χ3v) is 8.59. The highest BCUT2D eigenvalue weighted by Crippen LogP contribution is 2.39. The molecule has 15 heteroatoms.